The lowest BCUT2D eigenvalue weighted by molar-refractivity contribution is -0.332. The number of alkyl halides is 8. The first-order valence-electron chi connectivity index (χ1n) is 6.22. The molecule has 0 spiro atoms. The van der Waals surface area contributed by atoms with Crippen molar-refractivity contribution in [3.05, 3.63) is 26.6 Å². The normalized spacial score (nSPS) is 15.3. The molecule has 144 valence electrons. The summed E-state index contributed by atoms with van der Waals surface area (Å²) < 4.78 is 115. The maximum Gasteiger partial charge on any atom is 0.461 e. The van der Waals surface area contributed by atoms with E-state index in [1.54, 1.807) is 0 Å². The molecule has 0 aliphatic rings. The first kappa shape index (κ1) is 23.2. The Balaban J connectivity index is 3.81. The molecular weight excluding hydrogens is 581 g/mol. The molecule has 1 atom stereocenters. The highest BCUT2D eigenvalue weighted by Crippen LogP contribution is 2.52. The van der Waals surface area contributed by atoms with Crippen LogP contribution in [0, 0.1) is 0 Å². The van der Waals surface area contributed by atoms with E-state index in [0.717, 1.165) is 0 Å². The highest BCUT2D eigenvalue weighted by molar-refractivity contribution is 9.11. The van der Waals surface area contributed by atoms with Gasteiger partial charge >= 0.3 is 17.4 Å². The third-order valence-electron chi connectivity index (χ3n) is 3.08. The molecule has 1 rings (SSSR count). The molecule has 0 fully saturated rings. The zero-order chi connectivity index (χ0) is 20.0. The minimum absolute atomic E-state index is 0.0599. The van der Waals surface area contributed by atoms with E-state index in [1.165, 1.54) is 13.0 Å². The summed E-state index contributed by atoms with van der Waals surface area (Å²) in [7, 11) is -6.40. The summed E-state index contributed by atoms with van der Waals surface area (Å²) in [6.45, 7) is 1.52. The van der Waals surface area contributed by atoms with Crippen LogP contribution in [0.3, 0.4) is 0 Å². The number of sulfone groups is 1. The fourth-order valence-electron chi connectivity index (χ4n) is 1.76. The lowest BCUT2D eigenvalue weighted by Crippen LogP contribution is -2.56. The standard InChI is InChI=1S/C12H8Br3F7O2S/c1-2-6(14)9-7(15)3-5(13)4-8(9)25(23,24)12(21,22)10(16,17)11(18,19)20/h3-4,6H,2H2,1H3. The Morgan fingerprint density at radius 3 is 1.92 bits per heavy atom. The van der Waals surface area contributed by atoms with Gasteiger partial charge in [-0.25, -0.2) is 8.42 Å². The summed E-state index contributed by atoms with van der Waals surface area (Å²) in [5.74, 6) is -6.78. The minimum atomic E-state index is -6.78. The van der Waals surface area contributed by atoms with Crippen LogP contribution in [0.25, 0.3) is 0 Å². The van der Waals surface area contributed by atoms with Crippen LogP contribution >= 0.6 is 47.8 Å². The first-order valence-corrected chi connectivity index (χ1v) is 10.2. The first-order chi connectivity index (χ1) is 11.0. The van der Waals surface area contributed by atoms with E-state index in [4.69, 9.17) is 0 Å². The molecule has 2 nitrogen and oxygen atoms in total. The number of hydrogen-bond acceptors (Lipinski definition) is 2. The Hall–Kier alpha value is 0.120. The van der Waals surface area contributed by atoms with Crippen molar-refractivity contribution in [2.75, 3.05) is 0 Å². The SMILES string of the molecule is CCC(Br)c1c(Br)cc(Br)cc1S(=O)(=O)C(F)(F)C(F)(F)C(F)(F)F. The van der Waals surface area contributed by atoms with Crippen LogP contribution in [0.15, 0.2) is 26.0 Å². The number of benzene rings is 1. The van der Waals surface area contributed by atoms with Gasteiger partial charge in [-0.05, 0) is 24.1 Å². The van der Waals surface area contributed by atoms with E-state index < -0.39 is 36.9 Å². The van der Waals surface area contributed by atoms with E-state index in [0.29, 0.717) is 6.07 Å². The van der Waals surface area contributed by atoms with Gasteiger partial charge in [-0.3, -0.25) is 0 Å². The van der Waals surface area contributed by atoms with Gasteiger partial charge in [-0.1, -0.05) is 54.7 Å². The maximum atomic E-state index is 13.9. The highest BCUT2D eigenvalue weighted by Gasteiger charge is 2.78. The Kier molecular flexibility index (Phi) is 6.73. The lowest BCUT2D eigenvalue weighted by atomic mass is 10.1. The van der Waals surface area contributed by atoms with Gasteiger partial charge in [0.05, 0.1) is 4.90 Å². The molecule has 25 heavy (non-hydrogen) atoms. The zero-order valence-electron chi connectivity index (χ0n) is 11.9. The summed E-state index contributed by atoms with van der Waals surface area (Å²) in [5, 5.41) is -6.41. The van der Waals surface area contributed by atoms with Crippen LogP contribution in [0.2, 0.25) is 0 Å². The summed E-state index contributed by atoms with van der Waals surface area (Å²) in [6.07, 6.45) is -6.62. The van der Waals surface area contributed by atoms with E-state index in [-0.39, 0.29) is 20.9 Å². The monoisotopic (exact) mass is 586 g/mol. The molecule has 0 N–H and O–H groups in total. The van der Waals surface area contributed by atoms with Gasteiger partial charge in [0, 0.05) is 13.8 Å². The molecule has 0 aliphatic heterocycles. The van der Waals surface area contributed by atoms with Crippen LogP contribution in [0.5, 0.6) is 0 Å². The molecule has 0 bridgehead atoms. The van der Waals surface area contributed by atoms with Crippen molar-refractivity contribution in [1.29, 1.82) is 0 Å². The molecule has 1 unspecified atom stereocenters. The Labute approximate surface area is 163 Å². The quantitative estimate of drug-likeness (QED) is 0.286. The fourth-order valence-corrected chi connectivity index (χ4v) is 6.05. The predicted octanol–water partition coefficient (Wildman–Crippen LogP) is 6.62. The highest BCUT2D eigenvalue weighted by atomic mass is 79.9. The molecule has 0 heterocycles. The van der Waals surface area contributed by atoms with Crippen molar-refractivity contribution < 1.29 is 39.2 Å². The molecular formula is C12H8Br3F7O2S. The van der Waals surface area contributed by atoms with Crippen molar-refractivity contribution in [3.63, 3.8) is 0 Å². The zero-order valence-corrected chi connectivity index (χ0v) is 17.5. The third kappa shape index (κ3) is 3.88. The third-order valence-corrected chi connectivity index (χ3v) is 7.14. The summed E-state index contributed by atoms with van der Waals surface area (Å²) >= 11 is 8.71. The molecule has 0 saturated carbocycles. The summed E-state index contributed by atoms with van der Waals surface area (Å²) in [6, 6.07) is 1.80. The predicted molar refractivity (Wildman–Crippen MR) is 86.9 cm³/mol. The van der Waals surface area contributed by atoms with Crippen molar-refractivity contribution in [2.24, 2.45) is 0 Å². The molecule has 0 aliphatic carbocycles. The number of rotatable bonds is 5. The molecule has 13 heteroatoms. The van der Waals surface area contributed by atoms with E-state index in [2.05, 4.69) is 47.8 Å². The average molecular weight is 589 g/mol. The van der Waals surface area contributed by atoms with Gasteiger partial charge in [-0.15, -0.1) is 0 Å². The fraction of sp³-hybridized carbons (Fsp3) is 0.500. The minimum Gasteiger partial charge on any atom is -0.217 e. The smallest absolute Gasteiger partial charge is 0.217 e. The Morgan fingerprint density at radius 2 is 1.52 bits per heavy atom. The lowest BCUT2D eigenvalue weighted by Gasteiger charge is -2.29. The molecule has 0 amide bonds. The van der Waals surface area contributed by atoms with Gasteiger partial charge < -0.3 is 0 Å². The molecule has 0 saturated heterocycles. The maximum absolute atomic E-state index is 13.9. The Bertz CT molecular complexity index is 763. The molecule has 1 aromatic carbocycles. The second-order valence-electron chi connectivity index (χ2n) is 4.77. The number of halogens is 10. The second kappa shape index (κ2) is 7.27. The van der Waals surface area contributed by atoms with Gasteiger partial charge in [0.2, 0.25) is 0 Å². The van der Waals surface area contributed by atoms with Crippen LogP contribution in [-0.4, -0.2) is 25.8 Å². The van der Waals surface area contributed by atoms with Crippen molar-refractivity contribution in [1.82, 2.24) is 0 Å². The van der Waals surface area contributed by atoms with Crippen molar-refractivity contribution in [3.8, 4) is 0 Å². The summed E-state index contributed by atoms with van der Waals surface area (Å²) in [5.41, 5.74) is -0.386. The topological polar surface area (TPSA) is 34.1 Å². The molecule has 0 aromatic heterocycles. The number of hydrogen-bond donors (Lipinski definition) is 0. The second-order valence-corrected chi connectivity index (χ2v) is 9.60. The van der Waals surface area contributed by atoms with Gasteiger partial charge in [0.15, 0.2) is 0 Å². The molecule has 1 aromatic rings. The average Bonchev–Trinajstić information content (AvgIpc) is 2.44. The van der Waals surface area contributed by atoms with Crippen LogP contribution in [0.4, 0.5) is 30.7 Å². The Morgan fingerprint density at radius 1 is 1.04 bits per heavy atom. The van der Waals surface area contributed by atoms with E-state index in [9.17, 15) is 39.2 Å². The van der Waals surface area contributed by atoms with Crippen molar-refractivity contribution >= 4 is 57.6 Å². The van der Waals surface area contributed by atoms with E-state index in [1.807, 2.05) is 0 Å². The van der Waals surface area contributed by atoms with Crippen LogP contribution < -0.4 is 0 Å². The summed E-state index contributed by atoms with van der Waals surface area (Å²) in [4.78, 5) is -2.23. The van der Waals surface area contributed by atoms with Gasteiger partial charge in [-0.2, -0.15) is 30.7 Å². The molecule has 0 radical (unpaired) electrons. The van der Waals surface area contributed by atoms with Gasteiger partial charge in [0.25, 0.3) is 9.84 Å². The van der Waals surface area contributed by atoms with Crippen molar-refractivity contribution in [2.45, 2.75) is 40.4 Å². The largest absolute Gasteiger partial charge is 0.461 e. The van der Waals surface area contributed by atoms with E-state index >= 15 is 0 Å². The van der Waals surface area contributed by atoms with Crippen LogP contribution in [-0.2, 0) is 9.84 Å². The van der Waals surface area contributed by atoms with Gasteiger partial charge in [0.1, 0.15) is 0 Å². The van der Waals surface area contributed by atoms with Crippen LogP contribution in [0.1, 0.15) is 23.7 Å².